The molecule has 5 nitrogen and oxygen atoms in total. The lowest BCUT2D eigenvalue weighted by Gasteiger charge is -2.20. The maximum absolute atomic E-state index is 12.0. The smallest absolute Gasteiger partial charge is 0.338 e. The predicted molar refractivity (Wildman–Crippen MR) is 112 cm³/mol. The van der Waals surface area contributed by atoms with Crippen LogP contribution in [0, 0.1) is 0 Å². The van der Waals surface area contributed by atoms with E-state index in [1.165, 1.54) is 0 Å². The van der Waals surface area contributed by atoms with Gasteiger partial charge in [0.05, 0.1) is 5.56 Å². The van der Waals surface area contributed by atoms with Crippen LogP contribution in [0.2, 0.25) is 0 Å². The van der Waals surface area contributed by atoms with Gasteiger partial charge in [0, 0.05) is 17.9 Å². The molecule has 2 aromatic carbocycles. The van der Waals surface area contributed by atoms with Gasteiger partial charge in [-0.3, -0.25) is 0 Å². The van der Waals surface area contributed by atoms with Gasteiger partial charge >= 0.3 is 5.97 Å². The van der Waals surface area contributed by atoms with Gasteiger partial charge in [-0.25, -0.2) is 4.79 Å². The van der Waals surface area contributed by atoms with Gasteiger partial charge in [0.15, 0.2) is 0 Å². The fraction of sp³-hybridized carbons (Fsp3) is 0.318. The first kappa shape index (κ1) is 20.5. The zero-order valence-corrected chi connectivity index (χ0v) is 16.0. The number of carbonyl (C=O) groups is 1. The van der Waals surface area contributed by atoms with Crippen LogP contribution in [-0.4, -0.2) is 37.1 Å². The highest BCUT2D eigenvalue weighted by atomic mass is 16.5. The third-order valence-corrected chi connectivity index (χ3v) is 4.51. The summed E-state index contributed by atoms with van der Waals surface area (Å²) >= 11 is 0. The van der Waals surface area contributed by atoms with E-state index < -0.39 is 0 Å². The van der Waals surface area contributed by atoms with Gasteiger partial charge < -0.3 is 21.1 Å². The van der Waals surface area contributed by atoms with E-state index in [2.05, 4.69) is 18.4 Å². The lowest BCUT2D eigenvalue weighted by atomic mass is 10.0. The Balaban J connectivity index is 1.69. The van der Waals surface area contributed by atoms with Gasteiger partial charge in [-0.2, -0.15) is 0 Å². The number of benzene rings is 2. The molecule has 2 aromatic rings. The molecule has 27 heavy (non-hydrogen) atoms. The molecule has 0 radical (unpaired) electrons. The number of ether oxygens (including phenoxy) is 1. The molecule has 0 bridgehead atoms. The second-order valence-corrected chi connectivity index (χ2v) is 6.52. The zero-order chi connectivity index (χ0) is 19.6. The Kier molecular flexibility index (Phi) is 7.89. The highest BCUT2D eigenvalue weighted by Gasteiger charge is 2.09. The quantitative estimate of drug-likeness (QED) is 0.493. The van der Waals surface area contributed by atoms with Gasteiger partial charge in [-0.15, -0.1) is 0 Å². The van der Waals surface area contributed by atoms with E-state index in [4.69, 9.17) is 16.2 Å². The second-order valence-electron chi connectivity index (χ2n) is 6.52. The zero-order valence-electron chi connectivity index (χ0n) is 16.0. The normalized spacial score (nSPS) is 10.7. The summed E-state index contributed by atoms with van der Waals surface area (Å²) in [5.41, 5.74) is 15.5. The van der Waals surface area contributed by atoms with Crippen molar-refractivity contribution in [2.75, 3.05) is 37.7 Å². The summed E-state index contributed by atoms with van der Waals surface area (Å²) in [7, 11) is 0. The van der Waals surface area contributed by atoms with Crippen molar-refractivity contribution in [3.8, 4) is 0 Å². The second kappa shape index (κ2) is 10.4. The number of nitrogens with zero attached hydrogens (tertiary/aromatic N) is 1. The van der Waals surface area contributed by atoms with Gasteiger partial charge in [-0.1, -0.05) is 25.6 Å². The highest BCUT2D eigenvalue weighted by molar-refractivity contribution is 5.89. The molecular formula is C22H29N3O2. The van der Waals surface area contributed by atoms with E-state index in [9.17, 15) is 4.79 Å². The first-order valence-corrected chi connectivity index (χ1v) is 9.28. The first-order valence-electron chi connectivity index (χ1n) is 9.28. The number of anilines is 2. The lowest BCUT2D eigenvalue weighted by molar-refractivity contribution is 0.0464. The first-order chi connectivity index (χ1) is 13.0. The molecule has 0 spiro atoms. The van der Waals surface area contributed by atoms with Gasteiger partial charge in [0.25, 0.3) is 0 Å². The van der Waals surface area contributed by atoms with Crippen molar-refractivity contribution in [2.24, 2.45) is 0 Å². The Bertz CT molecular complexity index is 676. The third-order valence-electron chi connectivity index (χ3n) is 4.51. The van der Waals surface area contributed by atoms with Gasteiger partial charge in [-0.05, 0) is 73.5 Å². The fourth-order valence-electron chi connectivity index (χ4n) is 2.78. The van der Waals surface area contributed by atoms with E-state index in [-0.39, 0.29) is 5.97 Å². The largest absolute Gasteiger partial charge is 0.461 e. The molecule has 0 saturated carbocycles. The van der Waals surface area contributed by atoms with Crippen molar-refractivity contribution >= 4 is 22.9 Å². The third kappa shape index (κ3) is 6.79. The summed E-state index contributed by atoms with van der Waals surface area (Å²) in [4.78, 5) is 14.3. The van der Waals surface area contributed by atoms with Crippen molar-refractivity contribution in [2.45, 2.75) is 19.8 Å². The molecule has 4 N–H and O–H groups in total. The standard InChI is InChI=1S/C22H29N3O2/c1-3-25(14-4-5-17(2)18-6-10-20(23)11-7-18)15-16-27-22(26)19-8-12-21(24)13-9-19/h6-13H,2-5,14-16,23-24H2,1H3. The summed E-state index contributed by atoms with van der Waals surface area (Å²) in [6, 6.07) is 14.6. The fourth-order valence-corrected chi connectivity index (χ4v) is 2.78. The summed E-state index contributed by atoms with van der Waals surface area (Å²) < 4.78 is 5.36. The minimum atomic E-state index is -0.317. The van der Waals surface area contributed by atoms with Crippen molar-refractivity contribution < 1.29 is 9.53 Å². The lowest BCUT2D eigenvalue weighted by Crippen LogP contribution is -2.29. The molecule has 0 aromatic heterocycles. The molecule has 0 aliphatic rings. The topological polar surface area (TPSA) is 81.6 Å². The highest BCUT2D eigenvalue weighted by Crippen LogP contribution is 2.19. The van der Waals surface area contributed by atoms with E-state index in [0.717, 1.165) is 42.8 Å². The van der Waals surface area contributed by atoms with Crippen LogP contribution < -0.4 is 11.5 Å². The molecule has 2 rings (SSSR count). The SMILES string of the molecule is C=C(CCCN(CC)CCOC(=O)c1ccc(N)cc1)c1ccc(N)cc1. The van der Waals surface area contributed by atoms with Crippen molar-refractivity contribution in [1.82, 2.24) is 4.90 Å². The van der Waals surface area contributed by atoms with Crippen molar-refractivity contribution in [3.63, 3.8) is 0 Å². The van der Waals surface area contributed by atoms with Crippen molar-refractivity contribution in [1.29, 1.82) is 0 Å². The molecule has 0 amide bonds. The molecule has 0 fully saturated rings. The number of carbonyl (C=O) groups excluding carboxylic acids is 1. The van der Waals surface area contributed by atoms with Crippen LogP contribution in [0.1, 0.15) is 35.7 Å². The maximum Gasteiger partial charge on any atom is 0.338 e. The molecule has 0 aliphatic heterocycles. The van der Waals surface area contributed by atoms with Crippen LogP contribution in [-0.2, 0) is 4.74 Å². The summed E-state index contributed by atoms with van der Waals surface area (Å²) in [5.74, 6) is -0.317. The molecule has 0 atom stereocenters. The van der Waals surface area contributed by atoms with Crippen LogP contribution in [0.25, 0.3) is 5.57 Å². The molecule has 0 saturated heterocycles. The maximum atomic E-state index is 12.0. The average molecular weight is 367 g/mol. The Labute approximate surface area is 161 Å². The summed E-state index contributed by atoms with van der Waals surface area (Å²) in [6.07, 6.45) is 1.93. The average Bonchev–Trinajstić information content (AvgIpc) is 2.67. The van der Waals surface area contributed by atoms with Crippen LogP contribution in [0.4, 0.5) is 11.4 Å². The number of nitrogens with two attached hydrogens (primary N) is 2. The minimum Gasteiger partial charge on any atom is -0.461 e. The number of esters is 1. The van der Waals surface area contributed by atoms with Gasteiger partial charge in [0.1, 0.15) is 6.61 Å². The molecule has 0 heterocycles. The molecule has 144 valence electrons. The minimum absolute atomic E-state index is 0.317. The molecular weight excluding hydrogens is 338 g/mol. The summed E-state index contributed by atoms with van der Waals surface area (Å²) in [5, 5.41) is 0. The van der Waals surface area contributed by atoms with Crippen LogP contribution in [0.5, 0.6) is 0 Å². The predicted octanol–water partition coefficient (Wildman–Crippen LogP) is 3.82. The van der Waals surface area contributed by atoms with Crippen molar-refractivity contribution in [3.05, 3.63) is 66.2 Å². The van der Waals surface area contributed by atoms with E-state index >= 15 is 0 Å². The van der Waals surface area contributed by atoms with Crippen LogP contribution in [0.3, 0.4) is 0 Å². The Morgan fingerprint density at radius 1 is 0.963 bits per heavy atom. The van der Waals surface area contributed by atoms with E-state index in [1.807, 2.05) is 24.3 Å². The number of allylic oxidation sites excluding steroid dienone is 1. The Morgan fingerprint density at radius 2 is 1.52 bits per heavy atom. The Morgan fingerprint density at radius 3 is 2.07 bits per heavy atom. The van der Waals surface area contributed by atoms with E-state index in [0.29, 0.717) is 24.4 Å². The number of hydrogen-bond acceptors (Lipinski definition) is 5. The monoisotopic (exact) mass is 367 g/mol. The number of rotatable bonds is 10. The number of hydrogen-bond donors (Lipinski definition) is 2. The Hall–Kier alpha value is -2.79. The number of likely N-dealkylation sites (N-methyl/N-ethyl adjacent to an activating group) is 1. The van der Waals surface area contributed by atoms with Crippen LogP contribution in [0.15, 0.2) is 55.1 Å². The van der Waals surface area contributed by atoms with Gasteiger partial charge in [0.2, 0.25) is 0 Å². The molecule has 5 heteroatoms. The summed E-state index contributed by atoms with van der Waals surface area (Å²) in [6.45, 7) is 9.20. The number of nitrogen functional groups attached to an aromatic ring is 2. The molecule has 0 unspecified atom stereocenters. The van der Waals surface area contributed by atoms with E-state index in [1.54, 1.807) is 24.3 Å². The molecule has 0 aliphatic carbocycles. The van der Waals surface area contributed by atoms with Crippen LogP contribution >= 0.6 is 0 Å².